The number of fused-ring (bicyclic) bond motifs is 1. The third kappa shape index (κ3) is 2.82. The van der Waals surface area contributed by atoms with E-state index in [1.54, 1.807) is 0 Å². The number of hydrogen-bond donors (Lipinski definition) is 1. The number of ether oxygens (including phenoxy) is 1. The van der Waals surface area contributed by atoms with Crippen molar-refractivity contribution in [1.82, 2.24) is 10.5 Å². The maximum Gasteiger partial charge on any atom is 0.150 e. The third-order valence-electron chi connectivity index (χ3n) is 3.21. The SMILES string of the molecule is Cc1cc(CNC2CCOc3ccc(Br)cc32)on1. The number of halogens is 1. The molecule has 19 heavy (non-hydrogen) atoms. The molecule has 1 aromatic carbocycles. The molecule has 0 aliphatic carbocycles. The van der Waals surface area contributed by atoms with E-state index in [0.717, 1.165) is 34.7 Å². The number of hydrogen-bond acceptors (Lipinski definition) is 4. The average molecular weight is 323 g/mol. The highest BCUT2D eigenvalue weighted by atomic mass is 79.9. The van der Waals surface area contributed by atoms with E-state index < -0.39 is 0 Å². The molecule has 5 heteroatoms. The summed E-state index contributed by atoms with van der Waals surface area (Å²) in [5, 5.41) is 7.39. The van der Waals surface area contributed by atoms with Crippen molar-refractivity contribution in [3.8, 4) is 5.75 Å². The summed E-state index contributed by atoms with van der Waals surface area (Å²) in [4.78, 5) is 0. The first-order valence-corrected chi connectivity index (χ1v) is 7.09. The van der Waals surface area contributed by atoms with Crippen LogP contribution < -0.4 is 10.1 Å². The second kappa shape index (κ2) is 5.35. The van der Waals surface area contributed by atoms with E-state index in [1.165, 1.54) is 5.56 Å². The van der Waals surface area contributed by atoms with Gasteiger partial charge >= 0.3 is 0 Å². The number of nitrogens with zero attached hydrogens (tertiary/aromatic N) is 1. The molecule has 0 amide bonds. The Morgan fingerprint density at radius 3 is 3.11 bits per heavy atom. The van der Waals surface area contributed by atoms with Gasteiger partial charge in [-0.15, -0.1) is 0 Å². The summed E-state index contributed by atoms with van der Waals surface area (Å²) in [6, 6.07) is 8.35. The lowest BCUT2D eigenvalue weighted by atomic mass is 10.0. The van der Waals surface area contributed by atoms with Crippen LogP contribution in [0.3, 0.4) is 0 Å². The molecular formula is C14H15BrN2O2. The van der Waals surface area contributed by atoms with Crippen LogP contribution in [0.4, 0.5) is 0 Å². The van der Waals surface area contributed by atoms with Crippen LogP contribution >= 0.6 is 15.9 Å². The quantitative estimate of drug-likeness (QED) is 0.941. The Hall–Kier alpha value is -1.33. The molecule has 1 aliphatic heterocycles. The van der Waals surface area contributed by atoms with Gasteiger partial charge in [-0.3, -0.25) is 0 Å². The zero-order chi connectivity index (χ0) is 13.2. The predicted molar refractivity (Wildman–Crippen MR) is 75.1 cm³/mol. The summed E-state index contributed by atoms with van der Waals surface area (Å²) in [5.74, 6) is 1.82. The summed E-state index contributed by atoms with van der Waals surface area (Å²) < 4.78 is 12.0. The van der Waals surface area contributed by atoms with Crippen molar-refractivity contribution >= 4 is 15.9 Å². The van der Waals surface area contributed by atoms with Crippen LogP contribution in [-0.2, 0) is 6.54 Å². The van der Waals surface area contributed by atoms with Gasteiger partial charge in [0.25, 0.3) is 0 Å². The summed E-state index contributed by atoms with van der Waals surface area (Å²) in [6.45, 7) is 3.34. The van der Waals surface area contributed by atoms with Crippen molar-refractivity contribution in [3.63, 3.8) is 0 Å². The second-order valence-electron chi connectivity index (χ2n) is 4.69. The minimum absolute atomic E-state index is 0.284. The lowest BCUT2D eigenvalue weighted by Crippen LogP contribution is -2.26. The van der Waals surface area contributed by atoms with Crippen LogP contribution in [0.15, 0.2) is 33.3 Å². The van der Waals surface area contributed by atoms with Gasteiger partial charge in [0.2, 0.25) is 0 Å². The first-order chi connectivity index (χ1) is 9.22. The fourth-order valence-electron chi connectivity index (χ4n) is 2.30. The molecule has 2 aromatic rings. The van der Waals surface area contributed by atoms with E-state index in [4.69, 9.17) is 9.26 Å². The molecule has 1 N–H and O–H groups in total. The Balaban J connectivity index is 1.74. The smallest absolute Gasteiger partial charge is 0.150 e. The molecule has 1 unspecified atom stereocenters. The zero-order valence-corrected chi connectivity index (χ0v) is 12.2. The van der Waals surface area contributed by atoms with Gasteiger partial charge in [-0.25, -0.2) is 0 Å². The van der Waals surface area contributed by atoms with Gasteiger partial charge < -0.3 is 14.6 Å². The Labute approximate surface area is 120 Å². The van der Waals surface area contributed by atoms with Crippen LogP contribution in [0.5, 0.6) is 5.75 Å². The second-order valence-corrected chi connectivity index (χ2v) is 5.60. The summed E-state index contributed by atoms with van der Waals surface area (Å²) in [5.41, 5.74) is 2.10. The predicted octanol–water partition coefficient (Wildman–Crippen LogP) is 3.36. The summed E-state index contributed by atoms with van der Waals surface area (Å²) >= 11 is 3.51. The average Bonchev–Trinajstić information content (AvgIpc) is 2.82. The monoisotopic (exact) mass is 322 g/mol. The summed E-state index contributed by atoms with van der Waals surface area (Å²) in [7, 11) is 0. The number of aryl methyl sites for hydroxylation is 1. The van der Waals surface area contributed by atoms with Crippen molar-refractivity contribution in [2.45, 2.75) is 25.9 Å². The van der Waals surface area contributed by atoms with Crippen molar-refractivity contribution in [1.29, 1.82) is 0 Å². The standard InChI is InChI=1S/C14H15BrN2O2/c1-9-6-11(19-17-9)8-16-13-4-5-18-14-3-2-10(15)7-12(13)14/h2-3,6-7,13,16H,4-5,8H2,1H3. The normalized spacial score (nSPS) is 17.9. The first kappa shape index (κ1) is 12.7. The Bertz CT molecular complexity index is 583. The minimum atomic E-state index is 0.284. The molecule has 0 saturated heterocycles. The highest BCUT2D eigenvalue weighted by Crippen LogP contribution is 2.34. The number of benzene rings is 1. The fraction of sp³-hybridized carbons (Fsp3) is 0.357. The molecule has 1 aliphatic rings. The van der Waals surface area contributed by atoms with Gasteiger partial charge in [-0.1, -0.05) is 21.1 Å². The number of nitrogens with one attached hydrogen (secondary N) is 1. The highest BCUT2D eigenvalue weighted by molar-refractivity contribution is 9.10. The molecule has 4 nitrogen and oxygen atoms in total. The lowest BCUT2D eigenvalue weighted by Gasteiger charge is -2.26. The van der Waals surface area contributed by atoms with Crippen molar-refractivity contribution in [2.24, 2.45) is 0 Å². The molecule has 0 fully saturated rings. The van der Waals surface area contributed by atoms with Gasteiger partial charge in [0.05, 0.1) is 18.8 Å². The summed E-state index contributed by atoms with van der Waals surface area (Å²) in [6.07, 6.45) is 0.955. The van der Waals surface area contributed by atoms with Gasteiger partial charge in [-0.2, -0.15) is 0 Å². The van der Waals surface area contributed by atoms with Gasteiger partial charge in [0.1, 0.15) is 5.75 Å². The number of aromatic nitrogens is 1. The van der Waals surface area contributed by atoms with Crippen molar-refractivity contribution < 1.29 is 9.26 Å². The molecular weight excluding hydrogens is 308 g/mol. The molecule has 100 valence electrons. The molecule has 1 atom stereocenters. The Morgan fingerprint density at radius 1 is 1.42 bits per heavy atom. The van der Waals surface area contributed by atoms with Crippen molar-refractivity contribution in [2.75, 3.05) is 6.61 Å². The van der Waals surface area contributed by atoms with Crippen molar-refractivity contribution in [3.05, 3.63) is 45.8 Å². The first-order valence-electron chi connectivity index (χ1n) is 6.30. The highest BCUT2D eigenvalue weighted by Gasteiger charge is 2.21. The lowest BCUT2D eigenvalue weighted by molar-refractivity contribution is 0.248. The number of rotatable bonds is 3. The fourth-order valence-corrected chi connectivity index (χ4v) is 2.68. The molecule has 0 spiro atoms. The zero-order valence-electron chi connectivity index (χ0n) is 10.6. The third-order valence-corrected chi connectivity index (χ3v) is 3.70. The van der Waals surface area contributed by atoms with Crippen LogP contribution in [-0.4, -0.2) is 11.8 Å². The van der Waals surface area contributed by atoms with Crippen LogP contribution in [0.2, 0.25) is 0 Å². The minimum Gasteiger partial charge on any atom is -0.493 e. The molecule has 1 aromatic heterocycles. The topological polar surface area (TPSA) is 47.3 Å². The maximum atomic E-state index is 5.67. The van der Waals surface area contributed by atoms with Gasteiger partial charge in [-0.05, 0) is 25.1 Å². The van der Waals surface area contributed by atoms with Crippen LogP contribution in [0.25, 0.3) is 0 Å². The van der Waals surface area contributed by atoms with E-state index >= 15 is 0 Å². The van der Waals surface area contributed by atoms with E-state index in [9.17, 15) is 0 Å². The van der Waals surface area contributed by atoms with Gasteiger partial charge in [0, 0.05) is 28.6 Å². The molecule has 2 heterocycles. The van der Waals surface area contributed by atoms with Crippen LogP contribution in [0, 0.1) is 6.92 Å². The Morgan fingerprint density at radius 2 is 2.32 bits per heavy atom. The molecule has 0 bridgehead atoms. The maximum absolute atomic E-state index is 5.67. The van der Waals surface area contributed by atoms with E-state index in [2.05, 4.69) is 32.5 Å². The molecule has 0 radical (unpaired) electrons. The van der Waals surface area contributed by atoms with Crippen LogP contribution in [0.1, 0.15) is 29.5 Å². The van der Waals surface area contributed by atoms with E-state index in [0.29, 0.717) is 6.54 Å². The molecule has 3 rings (SSSR count). The van der Waals surface area contributed by atoms with E-state index in [-0.39, 0.29) is 6.04 Å². The Kier molecular flexibility index (Phi) is 3.57. The van der Waals surface area contributed by atoms with Gasteiger partial charge in [0.15, 0.2) is 5.76 Å². The molecule has 0 saturated carbocycles. The largest absolute Gasteiger partial charge is 0.493 e. The van der Waals surface area contributed by atoms with E-state index in [1.807, 2.05) is 25.1 Å².